The molecule has 2 aromatic carbocycles. The van der Waals surface area contributed by atoms with Crippen LogP contribution in [0.3, 0.4) is 0 Å². The van der Waals surface area contributed by atoms with E-state index < -0.39 is 28.8 Å². The van der Waals surface area contributed by atoms with Gasteiger partial charge >= 0.3 is 5.69 Å². The predicted molar refractivity (Wildman–Crippen MR) is 142 cm³/mol. The van der Waals surface area contributed by atoms with Gasteiger partial charge in [0.05, 0.1) is 5.69 Å². The first-order valence-corrected chi connectivity index (χ1v) is 12.3. The van der Waals surface area contributed by atoms with E-state index in [9.17, 15) is 23.2 Å². The van der Waals surface area contributed by atoms with Crippen LogP contribution >= 0.6 is 0 Å². The Morgan fingerprint density at radius 2 is 1.88 bits per heavy atom. The highest BCUT2D eigenvalue weighted by molar-refractivity contribution is 6.04. The molecule has 0 bridgehead atoms. The average Bonchev–Trinajstić information content (AvgIpc) is 3.67. The first-order valence-electron chi connectivity index (χ1n) is 12.3. The van der Waals surface area contributed by atoms with E-state index in [-0.39, 0.29) is 40.2 Å². The fourth-order valence-corrected chi connectivity index (χ4v) is 4.29. The topological polar surface area (TPSA) is 150 Å². The predicted octanol–water partition coefficient (Wildman–Crippen LogP) is 3.59. The molecule has 13 heteroatoms. The molecule has 1 aliphatic rings. The van der Waals surface area contributed by atoms with Gasteiger partial charge in [0.1, 0.15) is 28.3 Å². The highest BCUT2D eigenvalue weighted by Crippen LogP contribution is 2.33. The minimum Gasteiger partial charge on any atom is -0.453 e. The van der Waals surface area contributed by atoms with Gasteiger partial charge in [0, 0.05) is 36.8 Å². The molecule has 40 heavy (non-hydrogen) atoms. The molecule has 0 unspecified atom stereocenters. The van der Waals surface area contributed by atoms with Gasteiger partial charge in [-0.2, -0.15) is 5.10 Å². The molecule has 6 rings (SSSR count). The summed E-state index contributed by atoms with van der Waals surface area (Å²) >= 11 is 0. The second kappa shape index (κ2) is 9.76. The molecule has 1 aliphatic carbocycles. The number of H-pyrrole nitrogens is 1. The zero-order valence-corrected chi connectivity index (χ0v) is 20.7. The van der Waals surface area contributed by atoms with Crippen LogP contribution in [-0.2, 0) is 6.54 Å². The Morgan fingerprint density at radius 1 is 1.10 bits per heavy atom. The van der Waals surface area contributed by atoms with Crippen LogP contribution in [-0.4, -0.2) is 30.2 Å². The fraction of sp³-hybridized carbons (Fsp3) is 0.148. The number of nitrogens with zero attached hydrogens (tertiary/aromatic N) is 4. The number of aromatic nitrogens is 5. The first-order chi connectivity index (χ1) is 19.3. The van der Waals surface area contributed by atoms with Gasteiger partial charge in [-0.3, -0.25) is 19.3 Å². The van der Waals surface area contributed by atoms with Crippen molar-refractivity contribution in [2.75, 3.05) is 11.1 Å². The van der Waals surface area contributed by atoms with Crippen LogP contribution < -0.4 is 27.0 Å². The van der Waals surface area contributed by atoms with Crippen molar-refractivity contribution in [1.29, 1.82) is 0 Å². The van der Waals surface area contributed by atoms with Crippen molar-refractivity contribution in [3.63, 3.8) is 0 Å². The number of nitrogen functional groups attached to an aromatic ring is 1. The Hall–Kier alpha value is -5.33. The summed E-state index contributed by atoms with van der Waals surface area (Å²) in [5.74, 6) is -1.65. The number of anilines is 2. The number of hydrogen-bond donors (Lipinski definition) is 3. The molecule has 1 fully saturated rings. The van der Waals surface area contributed by atoms with Crippen LogP contribution in [0.1, 0.15) is 23.2 Å². The second-order valence-corrected chi connectivity index (χ2v) is 9.38. The van der Waals surface area contributed by atoms with Crippen molar-refractivity contribution in [3.05, 3.63) is 99.0 Å². The Morgan fingerprint density at radius 3 is 2.60 bits per heavy atom. The summed E-state index contributed by atoms with van der Waals surface area (Å²) < 4.78 is 36.3. The molecule has 1 amide bonds. The summed E-state index contributed by atoms with van der Waals surface area (Å²) in [6.45, 7) is 0.324. The normalized spacial score (nSPS) is 12.9. The molecule has 5 aromatic rings. The molecule has 0 radical (unpaired) electrons. The summed E-state index contributed by atoms with van der Waals surface area (Å²) in [6, 6.07) is 10.0. The van der Waals surface area contributed by atoms with Crippen molar-refractivity contribution in [3.8, 4) is 17.2 Å². The van der Waals surface area contributed by atoms with Gasteiger partial charge in [-0.1, -0.05) is 0 Å². The van der Waals surface area contributed by atoms with Gasteiger partial charge in [0.15, 0.2) is 17.2 Å². The number of nitrogens with two attached hydrogens (primary N) is 1. The largest absolute Gasteiger partial charge is 0.453 e. The Labute approximate surface area is 223 Å². The van der Waals surface area contributed by atoms with E-state index in [1.54, 1.807) is 0 Å². The van der Waals surface area contributed by atoms with Crippen LogP contribution in [0.5, 0.6) is 11.5 Å². The van der Waals surface area contributed by atoms with Crippen LogP contribution in [0.25, 0.3) is 16.7 Å². The lowest BCUT2D eigenvalue weighted by atomic mass is 10.2. The molecule has 11 nitrogen and oxygen atoms in total. The lowest BCUT2D eigenvalue weighted by Crippen LogP contribution is -2.42. The molecule has 4 N–H and O–H groups in total. The molecule has 3 aromatic heterocycles. The maximum absolute atomic E-state index is 15.0. The highest BCUT2D eigenvalue weighted by atomic mass is 19.1. The van der Waals surface area contributed by atoms with E-state index >= 15 is 0 Å². The number of nitrogens with one attached hydrogen (secondary N) is 2. The van der Waals surface area contributed by atoms with Crippen molar-refractivity contribution in [1.82, 2.24) is 24.3 Å². The molecule has 0 saturated heterocycles. The maximum atomic E-state index is 15.0. The maximum Gasteiger partial charge on any atom is 0.335 e. The summed E-state index contributed by atoms with van der Waals surface area (Å²) in [5.41, 5.74) is 4.47. The molecule has 0 aliphatic heterocycles. The van der Waals surface area contributed by atoms with Crippen LogP contribution in [0.4, 0.5) is 20.3 Å². The zero-order chi connectivity index (χ0) is 28.0. The number of halogens is 2. The first kappa shape index (κ1) is 25.0. The number of aromatic amines is 1. The van der Waals surface area contributed by atoms with E-state index in [1.165, 1.54) is 47.3 Å². The van der Waals surface area contributed by atoms with Crippen molar-refractivity contribution in [2.45, 2.75) is 19.4 Å². The van der Waals surface area contributed by atoms with Gasteiger partial charge in [-0.15, -0.1) is 0 Å². The quantitative estimate of drug-likeness (QED) is 0.283. The number of pyridine rings is 1. The van der Waals surface area contributed by atoms with Gasteiger partial charge in [-0.25, -0.2) is 23.1 Å². The van der Waals surface area contributed by atoms with E-state index in [0.29, 0.717) is 17.6 Å². The molecule has 202 valence electrons. The summed E-state index contributed by atoms with van der Waals surface area (Å²) in [4.78, 5) is 43.6. The standard InChI is InChI=1S/C27H21F2N7O4/c28-15-3-6-17(7-4-15)36-26(38)18(13-35(27(36)39)12-14-1-2-14)25(37)32-16-5-8-20(19(29)11-16)40-21-9-10-31-24-22(21)23(30)33-34-24/h3-11,13-14H,1-2,12H2,(H,32,37)(H3,30,31,33,34). The monoisotopic (exact) mass is 545 g/mol. The fourth-order valence-electron chi connectivity index (χ4n) is 4.29. The van der Waals surface area contributed by atoms with Crippen LogP contribution in [0.15, 0.2) is 70.5 Å². The second-order valence-electron chi connectivity index (χ2n) is 9.38. The van der Waals surface area contributed by atoms with Gasteiger partial charge in [0.25, 0.3) is 11.5 Å². The summed E-state index contributed by atoms with van der Waals surface area (Å²) in [5, 5.41) is 9.41. The van der Waals surface area contributed by atoms with Gasteiger partial charge < -0.3 is 15.8 Å². The molecule has 0 atom stereocenters. The number of carbonyl (C=O) groups is 1. The third-order valence-electron chi connectivity index (χ3n) is 6.49. The van der Waals surface area contributed by atoms with Crippen molar-refractivity contribution >= 4 is 28.4 Å². The number of benzene rings is 2. The zero-order valence-electron chi connectivity index (χ0n) is 20.7. The Kier molecular flexibility index (Phi) is 6.10. The van der Waals surface area contributed by atoms with Crippen LogP contribution in [0, 0.1) is 17.6 Å². The number of rotatable bonds is 7. The molecule has 1 saturated carbocycles. The number of fused-ring (bicyclic) bond motifs is 1. The Bertz CT molecular complexity index is 1890. The molecule has 3 heterocycles. The number of carbonyl (C=O) groups excluding carboxylic acids is 1. The number of ether oxygens (including phenoxy) is 1. The highest BCUT2D eigenvalue weighted by Gasteiger charge is 2.25. The minimum absolute atomic E-state index is 0.0465. The average molecular weight is 546 g/mol. The van der Waals surface area contributed by atoms with Crippen molar-refractivity contribution < 1.29 is 18.3 Å². The number of hydrogen-bond acceptors (Lipinski definition) is 7. The van der Waals surface area contributed by atoms with Gasteiger partial charge in [-0.05, 0) is 55.2 Å². The Balaban J connectivity index is 1.30. The third kappa shape index (κ3) is 4.68. The van der Waals surface area contributed by atoms with E-state index in [0.717, 1.165) is 35.6 Å². The van der Waals surface area contributed by atoms with E-state index in [2.05, 4.69) is 20.5 Å². The van der Waals surface area contributed by atoms with E-state index in [4.69, 9.17) is 10.5 Å². The summed E-state index contributed by atoms with van der Waals surface area (Å²) in [6.07, 6.45) is 4.49. The smallest absolute Gasteiger partial charge is 0.335 e. The third-order valence-corrected chi connectivity index (χ3v) is 6.49. The van der Waals surface area contributed by atoms with Crippen LogP contribution in [0.2, 0.25) is 0 Å². The number of amides is 1. The van der Waals surface area contributed by atoms with Crippen molar-refractivity contribution in [2.24, 2.45) is 5.92 Å². The van der Waals surface area contributed by atoms with E-state index in [1.807, 2.05) is 0 Å². The lowest BCUT2D eigenvalue weighted by Gasteiger charge is -2.14. The molecule has 0 spiro atoms. The minimum atomic E-state index is -0.888. The lowest BCUT2D eigenvalue weighted by molar-refractivity contribution is 0.102. The molecular formula is C27H21F2N7O4. The van der Waals surface area contributed by atoms with Gasteiger partial charge in [0.2, 0.25) is 0 Å². The molecular weight excluding hydrogens is 524 g/mol. The SMILES string of the molecule is Nc1[nH]nc2nccc(Oc3ccc(NC(=O)c4cn(CC5CC5)c(=O)n(-c5ccc(F)cc5)c4=O)cc3F)c12. The summed E-state index contributed by atoms with van der Waals surface area (Å²) in [7, 11) is 0.